The average Bonchev–Trinajstić information content (AvgIpc) is 2.60. The molecule has 1 amide bonds. The molecule has 2 aromatic rings. The van der Waals surface area contributed by atoms with Gasteiger partial charge in [0.2, 0.25) is 5.91 Å². The lowest BCUT2D eigenvalue weighted by molar-refractivity contribution is -0.116. The predicted octanol–water partition coefficient (Wildman–Crippen LogP) is 4.16. The first-order chi connectivity index (χ1) is 11.7. The van der Waals surface area contributed by atoms with E-state index in [1.54, 1.807) is 6.08 Å². The summed E-state index contributed by atoms with van der Waals surface area (Å²) in [5.41, 5.74) is 3.50. The molecule has 0 spiro atoms. The van der Waals surface area contributed by atoms with Gasteiger partial charge in [0.15, 0.2) is 0 Å². The van der Waals surface area contributed by atoms with Crippen molar-refractivity contribution in [2.45, 2.75) is 26.7 Å². The number of amides is 1. The maximum Gasteiger partial charge on any atom is 0.243 e. The molecule has 1 N–H and O–H groups in total. The summed E-state index contributed by atoms with van der Waals surface area (Å²) in [6, 6.07) is 16.2. The standard InChI is InChI=1S/C21H25NO2/c1-3-24-20-13-10-18(11-14-20)5-4-16-22-21(23)15-12-19-8-6-17(2)7-9-19/h6-15H,3-5,16H2,1-2H3,(H,22,23)/b15-12+. The zero-order valence-corrected chi connectivity index (χ0v) is 14.4. The third kappa shape index (κ3) is 6.29. The highest BCUT2D eigenvalue weighted by atomic mass is 16.5. The van der Waals surface area contributed by atoms with Crippen molar-refractivity contribution < 1.29 is 9.53 Å². The van der Waals surface area contributed by atoms with Crippen molar-refractivity contribution in [2.75, 3.05) is 13.2 Å². The molecule has 0 radical (unpaired) electrons. The Morgan fingerprint density at radius 1 is 1.08 bits per heavy atom. The minimum absolute atomic E-state index is 0.0535. The van der Waals surface area contributed by atoms with Gasteiger partial charge in [-0.1, -0.05) is 42.0 Å². The smallest absolute Gasteiger partial charge is 0.243 e. The van der Waals surface area contributed by atoms with E-state index in [9.17, 15) is 4.79 Å². The van der Waals surface area contributed by atoms with Crippen molar-refractivity contribution in [3.8, 4) is 5.75 Å². The van der Waals surface area contributed by atoms with Crippen LogP contribution in [0.1, 0.15) is 30.0 Å². The van der Waals surface area contributed by atoms with Gasteiger partial charge in [0.05, 0.1) is 6.61 Å². The van der Waals surface area contributed by atoms with Crippen molar-refractivity contribution in [1.29, 1.82) is 0 Å². The van der Waals surface area contributed by atoms with Crippen LogP contribution < -0.4 is 10.1 Å². The Balaban J connectivity index is 1.67. The van der Waals surface area contributed by atoms with Gasteiger partial charge in [0.25, 0.3) is 0 Å². The summed E-state index contributed by atoms with van der Waals surface area (Å²) in [5.74, 6) is 0.845. The van der Waals surface area contributed by atoms with Crippen LogP contribution in [0, 0.1) is 6.92 Å². The van der Waals surface area contributed by atoms with Gasteiger partial charge >= 0.3 is 0 Å². The molecule has 0 saturated carbocycles. The molecule has 0 unspecified atom stereocenters. The van der Waals surface area contributed by atoms with Gasteiger partial charge in [-0.15, -0.1) is 0 Å². The highest BCUT2D eigenvalue weighted by molar-refractivity contribution is 5.91. The summed E-state index contributed by atoms with van der Waals surface area (Å²) in [6.45, 7) is 5.38. The lowest BCUT2D eigenvalue weighted by Gasteiger charge is -2.05. The Kier molecular flexibility index (Phi) is 7.09. The largest absolute Gasteiger partial charge is 0.494 e. The molecule has 3 heteroatoms. The predicted molar refractivity (Wildman–Crippen MR) is 99.2 cm³/mol. The molecule has 0 heterocycles. The zero-order chi connectivity index (χ0) is 17.2. The molecule has 0 fully saturated rings. The van der Waals surface area contributed by atoms with Crippen LogP contribution in [0.15, 0.2) is 54.6 Å². The zero-order valence-electron chi connectivity index (χ0n) is 14.4. The number of carbonyl (C=O) groups excluding carboxylic acids is 1. The molecular weight excluding hydrogens is 298 g/mol. The van der Waals surface area contributed by atoms with Crippen molar-refractivity contribution in [2.24, 2.45) is 0 Å². The van der Waals surface area contributed by atoms with Crippen LogP contribution in [0.5, 0.6) is 5.75 Å². The highest BCUT2D eigenvalue weighted by Crippen LogP contribution is 2.13. The fraction of sp³-hybridized carbons (Fsp3) is 0.286. The van der Waals surface area contributed by atoms with Gasteiger partial charge in [0, 0.05) is 12.6 Å². The normalized spacial score (nSPS) is 10.8. The monoisotopic (exact) mass is 323 g/mol. The van der Waals surface area contributed by atoms with Crippen LogP contribution >= 0.6 is 0 Å². The molecule has 0 atom stereocenters. The van der Waals surface area contributed by atoms with Gasteiger partial charge in [-0.3, -0.25) is 4.79 Å². The Bertz CT molecular complexity index is 657. The third-order valence-electron chi connectivity index (χ3n) is 3.68. The minimum Gasteiger partial charge on any atom is -0.494 e. The minimum atomic E-state index is -0.0535. The van der Waals surface area contributed by atoms with Gasteiger partial charge in [-0.05, 0) is 56.0 Å². The topological polar surface area (TPSA) is 38.3 Å². The number of aryl methyl sites for hydroxylation is 2. The van der Waals surface area contributed by atoms with E-state index in [2.05, 4.69) is 17.4 Å². The van der Waals surface area contributed by atoms with Crippen molar-refractivity contribution in [1.82, 2.24) is 5.32 Å². The first kappa shape index (κ1) is 17.8. The first-order valence-corrected chi connectivity index (χ1v) is 8.41. The summed E-state index contributed by atoms with van der Waals surface area (Å²) < 4.78 is 5.42. The summed E-state index contributed by atoms with van der Waals surface area (Å²) in [4.78, 5) is 11.8. The van der Waals surface area contributed by atoms with Crippen LogP contribution in [-0.2, 0) is 11.2 Å². The van der Waals surface area contributed by atoms with Gasteiger partial charge in [-0.2, -0.15) is 0 Å². The lowest BCUT2D eigenvalue weighted by atomic mass is 10.1. The summed E-state index contributed by atoms with van der Waals surface area (Å²) >= 11 is 0. The molecule has 24 heavy (non-hydrogen) atoms. The molecule has 0 saturated heterocycles. The van der Waals surface area contributed by atoms with Crippen molar-refractivity contribution in [3.05, 3.63) is 71.3 Å². The van der Waals surface area contributed by atoms with Gasteiger partial charge in [-0.25, -0.2) is 0 Å². The summed E-state index contributed by atoms with van der Waals surface area (Å²) in [5, 5.41) is 2.92. The van der Waals surface area contributed by atoms with E-state index in [4.69, 9.17) is 4.74 Å². The van der Waals surface area contributed by atoms with Crippen LogP contribution in [0.4, 0.5) is 0 Å². The molecule has 0 aliphatic heterocycles. The van der Waals surface area contributed by atoms with E-state index in [0.29, 0.717) is 13.2 Å². The highest BCUT2D eigenvalue weighted by Gasteiger charge is 1.98. The Hall–Kier alpha value is -2.55. The fourth-order valence-electron chi connectivity index (χ4n) is 2.33. The number of rotatable bonds is 8. The second kappa shape index (κ2) is 9.56. The fourth-order valence-corrected chi connectivity index (χ4v) is 2.33. The molecule has 126 valence electrons. The molecule has 2 aromatic carbocycles. The first-order valence-electron chi connectivity index (χ1n) is 8.41. The molecule has 3 nitrogen and oxygen atoms in total. The summed E-state index contributed by atoms with van der Waals surface area (Å²) in [7, 11) is 0. The lowest BCUT2D eigenvalue weighted by Crippen LogP contribution is -2.22. The number of hydrogen-bond acceptors (Lipinski definition) is 2. The Labute approximate surface area is 144 Å². The van der Waals surface area contributed by atoms with E-state index < -0.39 is 0 Å². The van der Waals surface area contributed by atoms with E-state index in [1.807, 2.05) is 56.3 Å². The number of ether oxygens (including phenoxy) is 1. The second-order valence-corrected chi connectivity index (χ2v) is 5.72. The third-order valence-corrected chi connectivity index (χ3v) is 3.68. The van der Waals surface area contributed by atoms with Crippen molar-refractivity contribution >= 4 is 12.0 Å². The molecule has 0 aliphatic rings. The summed E-state index contributed by atoms with van der Waals surface area (Å²) in [6.07, 6.45) is 5.27. The number of benzene rings is 2. The second-order valence-electron chi connectivity index (χ2n) is 5.72. The maximum atomic E-state index is 11.8. The molecule has 0 bridgehead atoms. The van der Waals surface area contributed by atoms with E-state index >= 15 is 0 Å². The van der Waals surface area contributed by atoms with Crippen LogP contribution in [0.2, 0.25) is 0 Å². The maximum absolute atomic E-state index is 11.8. The Morgan fingerprint density at radius 2 is 1.79 bits per heavy atom. The van der Waals surface area contributed by atoms with E-state index in [1.165, 1.54) is 11.1 Å². The van der Waals surface area contributed by atoms with Gasteiger partial charge in [0.1, 0.15) is 5.75 Å². The SMILES string of the molecule is CCOc1ccc(CCCNC(=O)/C=C/c2ccc(C)cc2)cc1. The quantitative estimate of drug-likeness (QED) is 0.585. The van der Waals surface area contributed by atoms with E-state index in [-0.39, 0.29) is 5.91 Å². The van der Waals surface area contributed by atoms with Gasteiger partial charge < -0.3 is 10.1 Å². The Morgan fingerprint density at radius 3 is 2.46 bits per heavy atom. The molecule has 2 rings (SSSR count). The molecule has 0 aromatic heterocycles. The van der Waals surface area contributed by atoms with Crippen molar-refractivity contribution in [3.63, 3.8) is 0 Å². The van der Waals surface area contributed by atoms with Crippen LogP contribution in [0.3, 0.4) is 0 Å². The van der Waals surface area contributed by atoms with E-state index in [0.717, 1.165) is 24.2 Å². The average molecular weight is 323 g/mol. The number of carbonyl (C=O) groups is 1. The van der Waals surface area contributed by atoms with Crippen LogP contribution in [0.25, 0.3) is 6.08 Å². The molecule has 0 aliphatic carbocycles. The molecular formula is C21H25NO2. The van der Waals surface area contributed by atoms with Crippen LogP contribution in [-0.4, -0.2) is 19.1 Å². The number of hydrogen-bond donors (Lipinski definition) is 1. The number of nitrogens with one attached hydrogen (secondary N) is 1.